The molecule has 3 rings (SSSR count). The number of aliphatic hydroxyl groups is 1. The van der Waals surface area contributed by atoms with E-state index in [9.17, 15) is 34.0 Å². The zero-order valence-corrected chi connectivity index (χ0v) is 24.4. The van der Waals surface area contributed by atoms with Crippen LogP contribution in [-0.4, -0.2) is 71.0 Å². The van der Waals surface area contributed by atoms with Crippen molar-refractivity contribution in [3.8, 4) is 0 Å². The second kappa shape index (κ2) is 13.0. The van der Waals surface area contributed by atoms with E-state index in [2.05, 4.69) is 24.5 Å². The molecule has 0 radical (unpaired) electrons. The van der Waals surface area contributed by atoms with Gasteiger partial charge in [-0.1, -0.05) is 0 Å². The van der Waals surface area contributed by atoms with Crippen LogP contribution >= 0.6 is 15.6 Å². The molecule has 2 fully saturated rings. The van der Waals surface area contributed by atoms with Crippen LogP contribution in [0.4, 0.5) is 0 Å². The summed E-state index contributed by atoms with van der Waals surface area (Å²) in [4.78, 5) is 35.4. The fourth-order valence-electron chi connectivity index (χ4n) is 3.12. The number of ether oxygens (including phenoxy) is 1. The SMILES string of the molecule is NC1N=C([O-])C2NCN([C@H]3C[C@H](O)[C@@H](COP(=O)(O)OP(=O)([O-])[O-])O3)C2N1.[Na+].[Na+].[Na+]. The minimum absolute atomic E-state index is 0. The van der Waals surface area contributed by atoms with Gasteiger partial charge in [0.1, 0.15) is 12.3 Å². The molecule has 0 saturated carbocycles. The number of aliphatic hydroxyl groups excluding tert-OH is 1. The number of phosphoric acid groups is 2. The van der Waals surface area contributed by atoms with Crippen LogP contribution in [0.2, 0.25) is 0 Å². The molecule has 3 aliphatic heterocycles. The van der Waals surface area contributed by atoms with E-state index in [1.807, 2.05) is 0 Å². The summed E-state index contributed by atoms with van der Waals surface area (Å²) in [7, 11) is -10.9. The Labute approximate surface area is 238 Å². The molecule has 0 aliphatic carbocycles. The molecule has 30 heavy (non-hydrogen) atoms. The molecular formula is C10H18N5Na3O10P2. The Kier molecular flexibility index (Phi) is 14.1. The van der Waals surface area contributed by atoms with Crippen LogP contribution < -0.4 is 120 Å². The predicted octanol–water partition coefficient (Wildman–Crippen LogP) is -14.4. The summed E-state index contributed by atoms with van der Waals surface area (Å²) in [6.07, 6.45) is -4.29. The molecule has 2 saturated heterocycles. The van der Waals surface area contributed by atoms with E-state index < -0.39 is 65.1 Å². The standard InChI is InChI=1S/C10H21N5O10P2.3Na/c11-10-13-8-7(9(17)14-10)12-3-15(8)6-1-4(16)5(24-6)2-23-27(21,22)25-26(18,19)20;;;/h4-8,10,12-13,16H,1-3,11H2,(H,14,17)(H,21,22)(H2,18,19,20);;;/q;3*+1/p-3/t4-,5+,6+,7?,8?,10?;;;/m0.../s1. The van der Waals surface area contributed by atoms with E-state index in [0.717, 1.165) is 0 Å². The van der Waals surface area contributed by atoms with Crippen LogP contribution in [0, 0.1) is 0 Å². The maximum atomic E-state index is 11.9. The Morgan fingerprint density at radius 1 is 1.33 bits per heavy atom. The molecule has 6 N–H and O–H groups in total. The molecule has 0 aromatic heterocycles. The summed E-state index contributed by atoms with van der Waals surface area (Å²) in [6, 6.07) is -0.643. The van der Waals surface area contributed by atoms with Crippen molar-refractivity contribution in [2.75, 3.05) is 13.3 Å². The molecule has 0 aromatic carbocycles. The number of nitrogens with two attached hydrogens (primary N) is 1. The maximum absolute atomic E-state index is 11.9. The number of rotatable bonds is 6. The van der Waals surface area contributed by atoms with E-state index in [-0.39, 0.29) is 102 Å². The average Bonchev–Trinajstić information content (AvgIpc) is 3.06. The molecule has 3 heterocycles. The normalized spacial score (nSPS) is 35.8. The van der Waals surface area contributed by atoms with Gasteiger partial charge in [0.15, 0.2) is 6.29 Å². The summed E-state index contributed by atoms with van der Waals surface area (Å²) in [5.41, 5.74) is 5.63. The van der Waals surface area contributed by atoms with Gasteiger partial charge < -0.3 is 34.2 Å². The van der Waals surface area contributed by atoms with Crippen molar-refractivity contribution in [1.29, 1.82) is 0 Å². The smallest absolute Gasteiger partial charge is 0.861 e. The van der Waals surface area contributed by atoms with Gasteiger partial charge in [-0.25, -0.2) is 9.46 Å². The molecule has 4 unspecified atom stereocenters. The number of aliphatic imine (C=N–C) groups is 1. The third-order valence-corrected chi connectivity index (χ3v) is 6.32. The van der Waals surface area contributed by atoms with Crippen molar-refractivity contribution in [1.82, 2.24) is 15.5 Å². The molecule has 0 amide bonds. The van der Waals surface area contributed by atoms with Gasteiger partial charge in [0.25, 0.3) is 0 Å². The van der Waals surface area contributed by atoms with Gasteiger partial charge in [0.2, 0.25) is 0 Å². The van der Waals surface area contributed by atoms with Crippen LogP contribution in [0.15, 0.2) is 4.99 Å². The van der Waals surface area contributed by atoms with Crippen molar-refractivity contribution in [2.45, 2.75) is 43.4 Å². The second-order valence-electron chi connectivity index (χ2n) is 6.10. The number of fused-ring (bicyclic) bond motifs is 1. The summed E-state index contributed by atoms with van der Waals surface area (Å²) in [6.45, 7) is -0.486. The van der Waals surface area contributed by atoms with E-state index in [1.54, 1.807) is 4.90 Å². The predicted molar refractivity (Wildman–Crippen MR) is 79.7 cm³/mol. The van der Waals surface area contributed by atoms with Crippen LogP contribution in [0.5, 0.6) is 0 Å². The summed E-state index contributed by atoms with van der Waals surface area (Å²) < 4.78 is 35.2. The van der Waals surface area contributed by atoms with Crippen LogP contribution in [0.1, 0.15) is 6.42 Å². The Hall–Kier alpha value is 2.49. The van der Waals surface area contributed by atoms with Crippen molar-refractivity contribution in [3.63, 3.8) is 0 Å². The van der Waals surface area contributed by atoms with E-state index >= 15 is 0 Å². The van der Waals surface area contributed by atoms with E-state index in [1.165, 1.54) is 0 Å². The average molecular weight is 499 g/mol. The monoisotopic (exact) mass is 499 g/mol. The van der Waals surface area contributed by atoms with Crippen LogP contribution in [0.25, 0.3) is 0 Å². The summed E-state index contributed by atoms with van der Waals surface area (Å²) in [5.74, 6) is -0.426. The van der Waals surface area contributed by atoms with Crippen molar-refractivity contribution in [2.24, 2.45) is 10.7 Å². The van der Waals surface area contributed by atoms with Crippen LogP contribution in [-0.2, 0) is 22.7 Å². The first-order chi connectivity index (χ1) is 12.5. The number of nitrogens with zero attached hydrogens (tertiary/aromatic N) is 2. The molecule has 7 atom stereocenters. The molecule has 0 aromatic rings. The van der Waals surface area contributed by atoms with Gasteiger partial charge >= 0.3 is 96.5 Å². The zero-order valence-electron chi connectivity index (χ0n) is 16.6. The topological polar surface area (TPSA) is 237 Å². The Morgan fingerprint density at radius 2 is 1.97 bits per heavy atom. The fraction of sp³-hybridized carbons (Fsp3) is 0.900. The third-order valence-electron chi connectivity index (χ3n) is 4.22. The Bertz CT molecular complexity index is 703. The molecule has 0 spiro atoms. The van der Waals surface area contributed by atoms with Crippen molar-refractivity contribution in [3.05, 3.63) is 0 Å². The first-order valence-electron chi connectivity index (χ1n) is 7.75. The molecule has 15 nitrogen and oxygen atoms in total. The molecule has 20 heteroatoms. The Balaban J connectivity index is 0.00000280. The Morgan fingerprint density at radius 3 is 2.57 bits per heavy atom. The fourth-order valence-corrected chi connectivity index (χ4v) is 4.65. The number of phosphoric ester groups is 1. The molecule has 156 valence electrons. The van der Waals surface area contributed by atoms with E-state index in [4.69, 9.17) is 10.5 Å². The van der Waals surface area contributed by atoms with Crippen molar-refractivity contribution < 1.29 is 136 Å². The molecule has 0 bridgehead atoms. The molecule has 3 aliphatic rings. The van der Waals surface area contributed by atoms with Gasteiger partial charge in [-0.15, -0.1) is 0 Å². The van der Waals surface area contributed by atoms with Gasteiger partial charge in [-0.3, -0.25) is 30.2 Å². The number of hydrogen-bond acceptors (Lipinski definition) is 14. The van der Waals surface area contributed by atoms with Gasteiger partial charge in [0, 0.05) is 6.42 Å². The minimum Gasteiger partial charge on any atom is -0.861 e. The van der Waals surface area contributed by atoms with Gasteiger partial charge in [-0.05, 0) is 5.90 Å². The second-order valence-corrected chi connectivity index (χ2v) is 8.85. The summed E-state index contributed by atoms with van der Waals surface area (Å²) >= 11 is 0. The van der Waals surface area contributed by atoms with Crippen molar-refractivity contribution >= 4 is 21.5 Å². The first-order valence-corrected chi connectivity index (χ1v) is 10.7. The summed E-state index contributed by atoms with van der Waals surface area (Å²) in [5, 5.41) is 27.8. The number of hydrogen-bond donors (Lipinski definition) is 5. The van der Waals surface area contributed by atoms with Gasteiger partial charge in [-0.2, -0.15) is 0 Å². The maximum Gasteiger partial charge on any atom is 1.00 e. The quantitative estimate of drug-likeness (QED) is 0.169. The van der Waals surface area contributed by atoms with Gasteiger partial charge in [0.05, 0.1) is 39.4 Å². The van der Waals surface area contributed by atoms with Crippen LogP contribution in [0.3, 0.4) is 0 Å². The first kappa shape index (κ1) is 32.5. The zero-order chi connectivity index (χ0) is 20.0. The number of nitrogens with one attached hydrogen (secondary N) is 2. The largest absolute Gasteiger partial charge is 1.00 e. The van der Waals surface area contributed by atoms with E-state index in [0.29, 0.717) is 0 Å². The minimum atomic E-state index is -5.74. The third kappa shape index (κ3) is 8.61. The molecular weight excluding hydrogens is 481 g/mol.